The molecular formula is C15H16BrNO3S. The molecule has 0 aromatic heterocycles. The van der Waals surface area contributed by atoms with Crippen molar-refractivity contribution in [2.75, 3.05) is 18.1 Å². The number of carbonyl (C=O) groups excluding carboxylic acids is 1. The standard InChI is InChI=1S/C15H16BrNO3S/c16-13-4-2-1-3-11(13)5-6-14(18)17-7-8-21-10-12(17)9-15(19)20/h1-6,12H,7-10H2,(H,19,20). The number of nitrogens with zero attached hydrogens (tertiary/aromatic N) is 1. The van der Waals surface area contributed by atoms with Crippen LogP contribution in [0.5, 0.6) is 0 Å². The van der Waals surface area contributed by atoms with E-state index in [1.54, 1.807) is 22.7 Å². The van der Waals surface area contributed by atoms with Crippen LogP contribution in [0.3, 0.4) is 0 Å². The summed E-state index contributed by atoms with van der Waals surface area (Å²) in [5, 5.41) is 8.94. The SMILES string of the molecule is O=C(O)CC1CSCCN1C(=O)C=Cc1ccccc1Br. The average molecular weight is 370 g/mol. The van der Waals surface area contributed by atoms with Gasteiger partial charge in [-0.05, 0) is 17.7 Å². The lowest BCUT2D eigenvalue weighted by Gasteiger charge is -2.33. The molecule has 1 aliphatic rings. The lowest BCUT2D eigenvalue weighted by atomic mass is 10.1. The summed E-state index contributed by atoms with van der Waals surface area (Å²) in [7, 11) is 0. The van der Waals surface area contributed by atoms with Gasteiger partial charge in [-0.15, -0.1) is 0 Å². The van der Waals surface area contributed by atoms with Gasteiger partial charge in [-0.2, -0.15) is 11.8 Å². The van der Waals surface area contributed by atoms with Gasteiger partial charge in [0.25, 0.3) is 0 Å². The summed E-state index contributed by atoms with van der Waals surface area (Å²) in [6.45, 7) is 0.599. The second kappa shape index (κ2) is 7.66. The van der Waals surface area contributed by atoms with Crippen molar-refractivity contribution in [3.63, 3.8) is 0 Å². The van der Waals surface area contributed by atoms with Crippen LogP contribution in [-0.2, 0) is 9.59 Å². The van der Waals surface area contributed by atoms with E-state index in [9.17, 15) is 9.59 Å². The fraction of sp³-hybridized carbons (Fsp3) is 0.333. The van der Waals surface area contributed by atoms with Crippen LogP contribution in [0.2, 0.25) is 0 Å². The van der Waals surface area contributed by atoms with Crippen molar-refractivity contribution in [2.24, 2.45) is 0 Å². The third kappa shape index (κ3) is 4.61. The minimum absolute atomic E-state index is 0.00160. The van der Waals surface area contributed by atoms with Crippen molar-refractivity contribution >= 4 is 45.6 Å². The molecule has 0 radical (unpaired) electrons. The largest absolute Gasteiger partial charge is 0.481 e. The molecule has 1 atom stereocenters. The van der Waals surface area contributed by atoms with E-state index >= 15 is 0 Å². The maximum Gasteiger partial charge on any atom is 0.305 e. The van der Waals surface area contributed by atoms with Crippen molar-refractivity contribution in [3.05, 3.63) is 40.4 Å². The number of aliphatic carboxylic acids is 1. The molecule has 1 unspecified atom stereocenters. The van der Waals surface area contributed by atoms with E-state index < -0.39 is 5.97 Å². The van der Waals surface area contributed by atoms with Crippen LogP contribution in [0.15, 0.2) is 34.8 Å². The average Bonchev–Trinajstić information content (AvgIpc) is 2.46. The van der Waals surface area contributed by atoms with Crippen LogP contribution in [0, 0.1) is 0 Å². The summed E-state index contributed by atoms with van der Waals surface area (Å²) < 4.78 is 0.922. The van der Waals surface area contributed by atoms with Crippen molar-refractivity contribution in [1.29, 1.82) is 0 Å². The summed E-state index contributed by atoms with van der Waals surface area (Å²) >= 11 is 5.12. The molecule has 0 bridgehead atoms. The topological polar surface area (TPSA) is 57.6 Å². The van der Waals surface area contributed by atoms with E-state index in [0.29, 0.717) is 12.3 Å². The van der Waals surface area contributed by atoms with E-state index in [1.807, 2.05) is 24.3 Å². The number of hydrogen-bond acceptors (Lipinski definition) is 3. The predicted molar refractivity (Wildman–Crippen MR) is 88.3 cm³/mol. The lowest BCUT2D eigenvalue weighted by Crippen LogP contribution is -2.46. The molecule has 1 aromatic rings. The first kappa shape index (κ1) is 16.1. The van der Waals surface area contributed by atoms with E-state index in [1.165, 1.54) is 6.08 Å². The molecule has 1 heterocycles. The zero-order chi connectivity index (χ0) is 15.2. The van der Waals surface area contributed by atoms with Gasteiger partial charge in [-0.3, -0.25) is 9.59 Å². The number of carbonyl (C=O) groups is 2. The molecular weight excluding hydrogens is 354 g/mol. The fourth-order valence-corrected chi connectivity index (χ4v) is 3.66. The Labute approximate surface area is 136 Å². The number of carboxylic acid groups (broad SMARTS) is 1. The Morgan fingerprint density at radius 1 is 1.43 bits per heavy atom. The van der Waals surface area contributed by atoms with Crippen LogP contribution in [0.25, 0.3) is 6.08 Å². The third-order valence-corrected chi connectivity index (χ3v) is 5.05. The number of benzene rings is 1. The van der Waals surface area contributed by atoms with Gasteiger partial charge < -0.3 is 10.0 Å². The zero-order valence-corrected chi connectivity index (χ0v) is 13.8. The van der Waals surface area contributed by atoms with Crippen LogP contribution < -0.4 is 0 Å². The maximum atomic E-state index is 12.3. The Morgan fingerprint density at radius 3 is 2.90 bits per heavy atom. The predicted octanol–water partition coefficient (Wildman–Crippen LogP) is 2.88. The highest BCUT2D eigenvalue weighted by Crippen LogP contribution is 2.21. The summed E-state index contributed by atoms with van der Waals surface area (Å²) in [5.74, 6) is 0.540. The molecule has 6 heteroatoms. The first-order chi connectivity index (χ1) is 10.1. The molecule has 1 saturated heterocycles. The minimum atomic E-state index is -0.866. The number of hydrogen-bond donors (Lipinski definition) is 1. The van der Waals surface area contributed by atoms with Gasteiger partial charge in [0.2, 0.25) is 5.91 Å². The van der Waals surface area contributed by atoms with Gasteiger partial charge in [-0.25, -0.2) is 0 Å². The van der Waals surface area contributed by atoms with E-state index in [-0.39, 0.29) is 18.4 Å². The molecule has 4 nitrogen and oxygen atoms in total. The van der Waals surface area contributed by atoms with Gasteiger partial charge in [-0.1, -0.05) is 34.1 Å². The van der Waals surface area contributed by atoms with E-state index in [0.717, 1.165) is 15.8 Å². The maximum absolute atomic E-state index is 12.3. The first-order valence-corrected chi connectivity index (χ1v) is 8.55. The molecule has 21 heavy (non-hydrogen) atoms. The second-order valence-corrected chi connectivity index (χ2v) is 6.72. The molecule has 1 N–H and O–H groups in total. The second-order valence-electron chi connectivity index (χ2n) is 4.71. The fourth-order valence-electron chi connectivity index (χ4n) is 2.18. The Hall–Kier alpha value is -1.27. The molecule has 112 valence electrons. The molecule has 1 aromatic carbocycles. The van der Waals surface area contributed by atoms with Gasteiger partial charge >= 0.3 is 5.97 Å². The summed E-state index contributed by atoms with van der Waals surface area (Å²) in [6.07, 6.45) is 3.28. The van der Waals surface area contributed by atoms with Gasteiger partial charge in [0.05, 0.1) is 12.5 Å². The minimum Gasteiger partial charge on any atom is -0.481 e. The molecule has 2 rings (SSSR count). The van der Waals surface area contributed by atoms with Gasteiger partial charge in [0.1, 0.15) is 0 Å². The third-order valence-electron chi connectivity index (χ3n) is 3.23. The van der Waals surface area contributed by atoms with Crippen LogP contribution in [0.4, 0.5) is 0 Å². The molecule has 0 spiro atoms. The quantitative estimate of drug-likeness (QED) is 0.829. The smallest absolute Gasteiger partial charge is 0.305 e. The number of halogens is 1. The lowest BCUT2D eigenvalue weighted by molar-refractivity contribution is -0.139. The van der Waals surface area contributed by atoms with Crippen molar-refractivity contribution in [2.45, 2.75) is 12.5 Å². The molecule has 0 saturated carbocycles. The van der Waals surface area contributed by atoms with E-state index in [4.69, 9.17) is 5.11 Å². The highest BCUT2D eigenvalue weighted by atomic mass is 79.9. The van der Waals surface area contributed by atoms with E-state index in [2.05, 4.69) is 15.9 Å². The van der Waals surface area contributed by atoms with Gasteiger partial charge in [0, 0.05) is 28.6 Å². The normalized spacial score (nSPS) is 18.9. The van der Waals surface area contributed by atoms with Crippen molar-refractivity contribution in [1.82, 2.24) is 4.90 Å². The Balaban J connectivity index is 2.07. The Morgan fingerprint density at radius 2 is 2.19 bits per heavy atom. The molecule has 1 fully saturated rings. The van der Waals surface area contributed by atoms with Crippen LogP contribution >= 0.6 is 27.7 Å². The van der Waals surface area contributed by atoms with Crippen molar-refractivity contribution in [3.8, 4) is 0 Å². The number of thioether (sulfide) groups is 1. The number of amides is 1. The van der Waals surface area contributed by atoms with Crippen LogP contribution in [0.1, 0.15) is 12.0 Å². The zero-order valence-electron chi connectivity index (χ0n) is 11.4. The summed E-state index contributed by atoms with van der Waals surface area (Å²) in [5.41, 5.74) is 0.923. The number of rotatable bonds is 4. The Bertz CT molecular complexity index is 562. The summed E-state index contributed by atoms with van der Waals surface area (Å²) in [6, 6.07) is 7.41. The van der Waals surface area contributed by atoms with Gasteiger partial charge in [0.15, 0.2) is 0 Å². The first-order valence-electron chi connectivity index (χ1n) is 6.60. The highest BCUT2D eigenvalue weighted by molar-refractivity contribution is 9.10. The Kier molecular flexibility index (Phi) is 5.87. The summed E-state index contributed by atoms with van der Waals surface area (Å²) in [4.78, 5) is 24.8. The monoisotopic (exact) mass is 369 g/mol. The molecule has 0 aliphatic carbocycles. The molecule has 1 amide bonds. The van der Waals surface area contributed by atoms with Crippen LogP contribution in [-0.4, -0.2) is 46.0 Å². The number of carboxylic acids is 1. The molecule has 1 aliphatic heterocycles. The highest BCUT2D eigenvalue weighted by Gasteiger charge is 2.27. The van der Waals surface area contributed by atoms with Crippen molar-refractivity contribution < 1.29 is 14.7 Å².